The van der Waals surface area contributed by atoms with E-state index in [1.807, 2.05) is 12.1 Å². The highest BCUT2D eigenvalue weighted by atomic mass is 19.1. The Morgan fingerprint density at radius 2 is 1.86 bits per heavy atom. The van der Waals surface area contributed by atoms with Gasteiger partial charge in [0.2, 0.25) is 0 Å². The second kappa shape index (κ2) is 9.13. The first-order chi connectivity index (χ1) is 9.93. The summed E-state index contributed by atoms with van der Waals surface area (Å²) in [7, 11) is 6.32. The van der Waals surface area contributed by atoms with Gasteiger partial charge in [-0.2, -0.15) is 0 Å². The third kappa shape index (κ3) is 6.55. The number of hydrogen-bond donors (Lipinski definition) is 1. The number of nitrogens with zero attached hydrogens (tertiary/aromatic N) is 2. The Hall–Kier alpha value is -0.970. The molecule has 1 unspecified atom stereocenters. The highest BCUT2D eigenvalue weighted by Gasteiger charge is 2.13. The van der Waals surface area contributed by atoms with E-state index >= 15 is 0 Å². The van der Waals surface area contributed by atoms with Gasteiger partial charge >= 0.3 is 0 Å². The minimum atomic E-state index is -0.114. The number of rotatable bonds is 9. The maximum Gasteiger partial charge on any atom is 0.126 e. The maximum absolute atomic E-state index is 13.7. The molecule has 3 nitrogen and oxygen atoms in total. The first-order valence-electron chi connectivity index (χ1n) is 7.76. The molecule has 0 fully saturated rings. The van der Waals surface area contributed by atoms with Gasteiger partial charge in [0, 0.05) is 19.1 Å². The molecule has 1 aromatic carbocycles. The van der Waals surface area contributed by atoms with E-state index in [1.165, 1.54) is 0 Å². The third-order valence-corrected chi connectivity index (χ3v) is 3.78. The van der Waals surface area contributed by atoms with Gasteiger partial charge in [0.15, 0.2) is 0 Å². The molecule has 1 atom stereocenters. The van der Waals surface area contributed by atoms with Gasteiger partial charge in [-0.05, 0) is 64.8 Å². The maximum atomic E-state index is 13.7. The van der Waals surface area contributed by atoms with Crippen LogP contribution in [0.1, 0.15) is 30.5 Å². The highest BCUT2D eigenvalue weighted by Crippen LogP contribution is 2.19. The van der Waals surface area contributed by atoms with E-state index in [-0.39, 0.29) is 11.9 Å². The zero-order chi connectivity index (χ0) is 15.8. The largest absolute Gasteiger partial charge is 0.310 e. The summed E-state index contributed by atoms with van der Waals surface area (Å²) in [6, 6.07) is 5.78. The predicted octanol–water partition coefficient (Wildman–Crippen LogP) is 2.67. The summed E-state index contributed by atoms with van der Waals surface area (Å²) in [6.07, 6.45) is 0.986. The predicted molar refractivity (Wildman–Crippen MR) is 88.2 cm³/mol. The summed E-state index contributed by atoms with van der Waals surface area (Å²) >= 11 is 0. The average molecular weight is 295 g/mol. The zero-order valence-corrected chi connectivity index (χ0v) is 14.1. The van der Waals surface area contributed by atoms with Crippen LogP contribution < -0.4 is 5.32 Å². The van der Waals surface area contributed by atoms with E-state index in [0.717, 1.165) is 38.2 Å². The van der Waals surface area contributed by atoms with E-state index in [4.69, 9.17) is 0 Å². The molecule has 0 aromatic heterocycles. The topological polar surface area (TPSA) is 18.5 Å². The van der Waals surface area contributed by atoms with Crippen molar-refractivity contribution in [3.8, 4) is 0 Å². The van der Waals surface area contributed by atoms with Crippen LogP contribution >= 0.6 is 0 Å². The minimum Gasteiger partial charge on any atom is -0.310 e. The van der Waals surface area contributed by atoms with Crippen LogP contribution in [0.15, 0.2) is 18.2 Å². The summed E-state index contributed by atoms with van der Waals surface area (Å²) in [5.74, 6) is -0.114. The van der Waals surface area contributed by atoms with Crippen LogP contribution in [0.25, 0.3) is 0 Å². The van der Waals surface area contributed by atoms with E-state index in [1.54, 1.807) is 13.0 Å². The summed E-state index contributed by atoms with van der Waals surface area (Å²) < 4.78 is 13.7. The number of likely N-dealkylation sites (N-methyl/N-ethyl adjacent to an activating group) is 2. The molecule has 0 saturated carbocycles. The Balaban J connectivity index is 2.58. The van der Waals surface area contributed by atoms with Crippen molar-refractivity contribution in [2.45, 2.75) is 26.3 Å². The normalized spacial score (nSPS) is 13.1. The molecule has 0 aliphatic rings. The fourth-order valence-corrected chi connectivity index (χ4v) is 2.29. The molecule has 0 amide bonds. The highest BCUT2D eigenvalue weighted by molar-refractivity contribution is 5.25. The molecule has 0 radical (unpaired) electrons. The summed E-state index contributed by atoms with van der Waals surface area (Å²) in [5, 5.41) is 3.46. The molecule has 0 saturated heterocycles. The van der Waals surface area contributed by atoms with Gasteiger partial charge in [-0.25, -0.2) is 4.39 Å². The van der Waals surface area contributed by atoms with E-state index < -0.39 is 0 Å². The van der Waals surface area contributed by atoms with Crippen LogP contribution in [0, 0.1) is 12.7 Å². The Morgan fingerprint density at radius 3 is 2.43 bits per heavy atom. The number of halogens is 1. The van der Waals surface area contributed by atoms with Gasteiger partial charge in [-0.3, -0.25) is 0 Å². The Morgan fingerprint density at radius 1 is 1.14 bits per heavy atom. The Bertz CT molecular complexity index is 420. The van der Waals surface area contributed by atoms with Gasteiger partial charge in [-0.1, -0.05) is 19.1 Å². The quantitative estimate of drug-likeness (QED) is 0.755. The van der Waals surface area contributed by atoms with Gasteiger partial charge in [0.1, 0.15) is 5.82 Å². The number of benzene rings is 1. The van der Waals surface area contributed by atoms with Crippen LogP contribution in [-0.2, 0) is 0 Å². The lowest BCUT2D eigenvalue weighted by molar-refractivity contribution is 0.268. The molecule has 0 heterocycles. The molecule has 0 bridgehead atoms. The first kappa shape index (κ1) is 18.1. The van der Waals surface area contributed by atoms with Crippen molar-refractivity contribution in [3.63, 3.8) is 0 Å². The zero-order valence-electron chi connectivity index (χ0n) is 14.1. The van der Waals surface area contributed by atoms with Crippen molar-refractivity contribution in [1.82, 2.24) is 15.1 Å². The molecule has 0 aliphatic carbocycles. The molecule has 1 rings (SSSR count). The van der Waals surface area contributed by atoms with Crippen molar-refractivity contribution in [1.29, 1.82) is 0 Å². The molecule has 0 aliphatic heterocycles. The van der Waals surface area contributed by atoms with Crippen molar-refractivity contribution in [2.24, 2.45) is 0 Å². The summed E-state index contributed by atoms with van der Waals surface area (Å²) in [6.45, 7) is 7.89. The van der Waals surface area contributed by atoms with E-state index in [0.29, 0.717) is 5.56 Å². The summed E-state index contributed by atoms with van der Waals surface area (Å²) in [5.41, 5.74) is 1.75. The van der Waals surface area contributed by atoms with Gasteiger partial charge in [-0.15, -0.1) is 0 Å². The number of hydrogen-bond acceptors (Lipinski definition) is 3. The lowest BCUT2D eigenvalue weighted by Crippen LogP contribution is -2.32. The fourth-order valence-electron chi connectivity index (χ4n) is 2.29. The lowest BCUT2D eigenvalue weighted by atomic mass is 10.0. The second-order valence-corrected chi connectivity index (χ2v) is 6.01. The van der Waals surface area contributed by atoms with Crippen LogP contribution in [0.5, 0.6) is 0 Å². The number of nitrogens with one attached hydrogen (secondary N) is 1. The Labute approximate surface area is 129 Å². The molecular weight excluding hydrogens is 265 g/mol. The lowest BCUT2D eigenvalue weighted by Gasteiger charge is -2.24. The molecule has 4 heteroatoms. The number of aryl methyl sites for hydroxylation is 1. The molecular formula is C17H30FN3. The minimum absolute atomic E-state index is 0.114. The Kier molecular flexibility index (Phi) is 7.86. The molecule has 120 valence electrons. The van der Waals surface area contributed by atoms with Gasteiger partial charge in [0.05, 0.1) is 0 Å². The SMILES string of the molecule is CCNC(CCN(C)CCN(C)C)c1ccc(C)c(F)c1. The first-order valence-corrected chi connectivity index (χ1v) is 7.76. The average Bonchev–Trinajstić information content (AvgIpc) is 2.44. The molecule has 1 aromatic rings. The molecule has 0 spiro atoms. The second-order valence-electron chi connectivity index (χ2n) is 6.01. The smallest absolute Gasteiger partial charge is 0.126 e. The van der Waals surface area contributed by atoms with Crippen LogP contribution in [0.2, 0.25) is 0 Å². The third-order valence-electron chi connectivity index (χ3n) is 3.78. The summed E-state index contributed by atoms with van der Waals surface area (Å²) in [4.78, 5) is 4.52. The standard InChI is InChI=1S/C17H30FN3/c1-6-19-17(9-10-21(5)12-11-20(3)4)15-8-7-14(2)16(18)13-15/h7-8,13,17,19H,6,9-12H2,1-5H3. The van der Waals surface area contributed by atoms with Gasteiger partial charge < -0.3 is 15.1 Å². The van der Waals surface area contributed by atoms with Crippen molar-refractivity contribution < 1.29 is 4.39 Å². The van der Waals surface area contributed by atoms with Crippen LogP contribution in [-0.4, -0.2) is 57.1 Å². The molecule has 1 N–H and O–H groups in total. The van der Waals surface area contributed by atoms with E-state index in [2.05, 4.69) is 43.2 Å². The molecule has 21 heavy (non-hydrogen) atoms. The van der Waals surface area contributed by atoms with Crippen molar-refractivity contribution in [2.75, 3.05) is 47.3 Å². The van der Waals surface area contributed by atoms with Gasteiger partial charge in [0.25, 0.3) is 0 Å². The van der Waals surface area contributed by atoms with E-state index in [9.17, 15) is 4.39 Å². The van der Waals surface area contributed by atoms with Crippen LogP contribution in [0.4, 0.5) is 4.39 Å². The fraction of sp³-hybridized carbons (Fsp3) is 0.647. The van der Waals surface area contributed by atoms with Crippen molar-refractivity contribution >= 4 is 0 Å². The van der Waals surface area contributed by atoms with Crippen molar-refractivity contribution in [3.05, 3.63) is 35.1 Å². The monoisotopic (exact) mass is 295 g/mol. The van der Waals surface area contributed by atoms with Crippen LogP contribution in [0.3, 0.4) is 0 Å².